The van der Waals surface area contributed by atoms with Crippen LogP contribution >= 0.6 is 12.4 Å². The summed E-state index contributed by atoms with van der Waals surface area (Å²) in [6, 6.07) is 16.7. The van der Waals surface area contributed by atoms with E-state index in [9.17, 15) is 9.59 Å². The van der Waals surface area contributed by atoms with Crippen LogP contribution in [0.2, 0.25) is 0 Å². The minimum Gasteiger partial charge on any atom is -0.345 e. The van der Waals surface area contributed by atoms with E-state index >= 15 is 0 Å². The van der Waals surface area contributed by atoms with Gasteiger partial charge in [-0.2, -0.15) is 0 Å². The highest BCUT2D eigenvalue weighted by Gasteiger charge is 2.17. The van der Waals surface area contributed by atoms with Gasteiger partial charge in [0, 0.05) is 38.3 Å². The summed E-state index contributed by atoms with van der Waals surface area (Å²) in [5, 5.41) is 0. The number of carbonyl (C=O) groups is 2. The van der Waals surface area contributed by atoms with Gasteiger partial charge < -0.3 is 15.5 Å². The van der Waals surface area contributed by atoms with Crippen LogP contribution in [0.25, 0.3) is 0 Å². The molecule has 0 atom stereocenters. The third kappa shape index (κ3) is 5.86. The average molecular weight is 376 g/mol. The van der Waals surface area contributed by atoms with E-state index in [1.54, 1.807) is 43.3 Å². The van der Waals surface area contributed by atoms with Gasteiger partial charge in [0.2, 0.25) is 0 Å². The van der Waals surface area contributed by atoms with Gasteiger partial charge in [-0.15, -0.1) is 12.4 Å². The first kappa shape index (κ1) is 21.7. The number of carbonyl (C=O) groups excluding carboxylic acids is 2. The number of amides is 2. The zero-order valence-electron chi connectivity index (χ0n) is 15.2. The summed E-state index contributed by atoms with van der Waals surface area (Å²) in [7, 11) is 3.41. The molecule has 0 bridgehead atoms. The maximum absolute atomic E-state index is 12.9. The molecule has 0 aliphatic rings. The minimum atomic E-state index is -0.0803. The van der Waals surface area contributed by atoms with Gasteiger partial charge in [-0.25, -0.2) is 0 Å². The fraction of sp³-hybridized carbons (Fsp3) is 0.300. The molecule has 0 unspecified atom stereocenters. The smallest absolute Gasteiger partial charge is 0.254 e. The van der Waals surface area contributed by atoms with Crippen LogP contribution in [0, 0.1) is 0 Å². The number of halogens is 1. The summed E-state index contributed by atoms with van der Waals surface area (Å²) in [6.07, 6.45) is 0.746. The van der Waals surface area contributed by atoms with Gasteiger partial charge in [0.1, 0.15) is 0 Å². The Bertz CT molecular complexity index is 703. The largest absolute Gasteiger partial charge is 0.345 e. The Balaban J connectivity index is 0.00000338. The molecule has 2 aromatic carbocycles. The van der Waals surface area contributed by atoms with Crippen molar-refractivity contribution in [2.75, 3.05) is 27.2 Å². The molecule has 26 heavy (non-hydrogen) atoms. The molecule has 2 amide bonds. The lowest BCUT2D eigenvalue weighted by molar-refractivity contribution is 0.0740. The standard InChI is InChI=1S/C20H25N3O2.ClH/c1-22(2)19(24)17-9-11-18(12-10-17)20(25)23(14-6-13-21)15-16-7-4-3-5-8-16;/h3-5,7-12H,6,13-15,21H2,1-2H3;1H. The molecule has 0 aromatic heterocycles. The molecule has 140 valence electrons. The molecule has 0 saturated carbocycles. The van der Waals surface area contributed by atoms with Crippen molar-refractivity contribution in [2.45, 2.75) is 13.0 Å². The van der Waals surface area contributed by atoms with E-state index in [2.05, 4.69) is 0 Å². The Morgan fingerprint density at radius 2 is 1.42 bits per heavy atom. The molecule has 5 nitrogen and oxygen atoms in total. The molecule has 2 rings (SSSR count). The van der Waals surface area contributed by atoms with Crippen LogP contribution in [0.3, 0.4) is 0 Å². The highest BCUT2D eigenvalue weighted by Crippen LogP contribution is 2.13. The van der Waals surface area contributed by atoms with Crippen LogP contribution < -0.4 is 5.73 Å². The molecule has 0 aliphatic heterocycles. The Hall–Kier alpha value is -2.37. The summed E-state index contributed by atoms with van der Waals surface area (Å²) in [5.41, 5.74) is 7.83. The van der Waals surface area contributed by atoms with Crippen LogP contribution in [0.4, 0.5) is 0 Å². The molecule has 0 radical (unpaired) electrons. The highest BCUT2D eigenvalue weighted by molar-refractivity contribution is 5.97. The van der Waals surface area contributed by atoms with Gasteiger partial charge in [-0.05, 0) is 42.8 Å². The molecule has 2 N–H and O–H groups in total. The predicted octanol–water partition coefficient (Wildman–Crippen LogP) is 2.80. The summed E-state index contributed by atoms with van der Waals surface area (Å²) in [6.45, 7) is 1.68. The molecule has 0 spiro atoms. The van der Waals surface area contributed by atoms with Gasteiger partial charge in [0.15, 0.2) is 0 Å². The SMILES string of the molecule is CN(C)C(=O)c1ccc(C(=O)N(CCCN)Cc2ccccc2)cc1.Cl. The number of hydrogen-bond acceptors (Lipinski definition) is 3. The van der Waals surface area contributed by atoms with Crippen LogP contribution in [-0.2, 0) is 6.54 Å². The maximum Gasteiger partial charge on any atom is 0.254 e. The van der Waals surface area contributed by atoms with Crippen molar-refractivity contribution in [1.29, 1.82) is 0 Å². The lowest BCUT2D eigenvalue weighted by Gasteiger charge is -2.23. The fourth-order valence-corrected chi connectivity index (χ4v) is 2.53. The number of rotatable bonds is 7. The first-order chi connectivity index (χ1) is 12.0. The van der Waals surface area contributed by atoms with Gasteiger partial charge in [-0.3, -0.25) is 9.59 Å². The van der Waals surface area contributed by atoms with Gasteiger partial charge in [0.05, 0.1) is 0 Å². The monoisotopic (exact) mass is 375 g/mol. The first-order valence-corrected chi connectivity index (χ1v) is 8.38. The first-order valence-electron chi connectivity index (χ1n) is 8.38. The lowest BCUT2D eigenvalue weighted by Crippen LogP contribution is -2.32. The van der Waals surface area contributed by atoms with Crippen molar-refractivity contribution < 1.29 is 9.59 Å². The van der Waals surface area contributed by atoms with E-state index in [0.29, 0.717) is 30.8 Å². The van der Waals surface area contributed by atoms with E-state index in [0.717, 1.165) is 12.0 Å². The Kier molecular flexibility index (Phi) is 8.82. The minimum absolute atomic E-state index is 0. The second kappa shape index (κ2) is 10.6. The van der Waals surface area contributed by atoms with Crippen LogP contribution in [0.15, 0.2) is 54.6 Å². The number of hydrogen-bond donors (Lipinski definition) is 1. The zero-order chi connectivity index (χ0) is 18.2. The fourth-order valence-electron chi connectivity index (χ4n) is 2.53. The second-order valence-electron chi connectivity index (χ2n) is 6.13. The van der Waals surface area contributed by atoms with Crippen molar-refractivity contribution in [2.24, 2.45) is 5.73 Å². The number of nitrogens with two attached hydrogens (primary N) is 1. The molecular formula is C20H26ClN3O2. The van der Waals surface area contributed by atoms with E-state index in [4.69, 9.17) is 5.73 Å². The Labute approximate surface area is 161 Å². The summed E-state index contributed by atoms with van der Waals surface area (Å²) >= 11 is 0. The number of nitrogens with zero attached hydrogens (tertiary/aromatic N) is 2. The number of benzene rings is 2. The van der Waals surface area contributed by atoms with Gasteiger partial charge >= 0.3 is 0 Å². The van der Waals surface area contributed by atoms with Crippen molar-refractivity contribution >= 4 is 24.2 Å². The summed E-state index contributed by atoms with van der Waals surface area (Å²) in [5.74, 6) is -0.135. The highest BCUT2D eigenvalue weighted by atomic mass is 35.5. The Morgan fingerprint density at radius 3 is 1.92 bits per heavy atom. The Morgan fingerprint density at radius 1 is 0.885 bits per heavy atom. The van der Waals surface area contributed by atoms with E-state index in [1.807, 2.05) is 30.3 Å². The van der Waals surface area contributed by atoms with E-state index in [-0.39, 0.29) is 24.2 Å². The van der Waals surface area contributed by atoms with Gasteiger partial charge in [0.25, 0.3) is 11.8 Å². The van der Waals surface area contributed by atoms with Crippen LogP contribution in [-0.4, -0.2) is 48.8 Å². The van der Waals surface area contributed by atoms with Gasteiger partial charge in [-0.1, -0.05) is 30.3 Å². The molecule has 0 aliphatic carbocycles. The zero-order valence-corrected chi connectivity index (χ0v) is 16.0. The second-order valence-corrected chi connectivity index (χ2v) is 6.13. The van der Waals surface area contributed by atoms with E-state index in [1.165, 1.54) is 4.90 Å². The third-order valence-corrected chi connectivity index (χ3v) is 3.92. The quantitative estimate of drug-likeness (QED) is 0.809. The predicted molar refractivity (Wildman–Crippen MR) is 107 cm³/mol. The molecule has 0 fully saturated rings. The van der Waals surface area contributed by atoms with Crippen LogP contribution in [0.5, 0.6) is 0 Å². The average Bonchev–Trinajstić information content (AvgIpc) is 2.64. The third-order valence-electron chi connectivity index (χ3n) is 3.92. The molecule has 2 aromatic rings. The summed E-state index contributed by atoms with van der Waals surface area (Å²) in [4.78, 5) is 28.1. The van der Waals surface area contributed by atoms with Crippen LogP contribution in [0.1, 0.15) is 32.7 Å². The lowest BCUT2D eigenvalue weighted by atomic mass is 10.1. The molecule has 6 heteroatoms. The topological polar surface area (TPSA) is 66.6 Å². The van der Waals surface area contributed by atoms with Crippen molar-refractivity contribution in [3.8, 4) is 0 Å². The molecule has 0 heterocycles. The maximum atomic E-state index is 12.9. The van der Waals surface area contributed by atoms with E-state index < -0.39 is 0 Å². The normalized spacial score (nSPS) is 9.96. The molecule has 0 saturated heterocycles. The van der Waals surface area contributed by atoms with Crippen molar-refractivity contribution in [3.05, 3.63) is 71.3 Å². The summed E-state index contributed by atoms with van der Waals surface area (Å²) < 4.78 is 0. The van der Waals surface area contributed by atoms with Crippen molar-refractivity contribution in [1.82, 2.24) is 9.80 Å². The molecular weight excluding hydrogens is 350 g/mol. The van der Waals surface area contributed by atoms with Crippen molar-refractivity contribution in [3.63, 3.8) is 0 Å².